The number of ether oxygens (including phenoxy) is 3. The van der Waals surface area contributed by atoms with Gasteiger partial charge in [0, 0.05) is 5.69 Å². The number of hydrogen-bond acceptors (Lipinski definition) is 5. The van der Waals surface area contributed by atoms with Crippen LogP contribution in [0.25, 0.3) is 6.08 Å². The first-order valence-corrected chi connectivity index (χ1v) is 8.65. The van der Waals surface area contributed by atoms with Gasteiger partial charge < -0.3 is 19.5 Å². The minimum absolute atomic E-state index is 0.0337. The summed E-state index contributed by atoms with van der Waals surface area (Å²) in [6.07, 6.45) is 1.48. The summed E-state index contributed by atoms with van der Waals surface area (Å²) < 4.78 is 15.9. The number of methoxy groups -OCH3 is 3. The fraction of sp³-hybridized carbons (Fsp3) is 0.273. The minimum atomic E-state index is -0.480. The van der Waals surface area contributed by atoms with Crippen LogP contribution in [0.15, 0.2) is 29.8 Å². The monoisotopic (exact) mass is 380 g/mol. The second-order valence-corrected chi connectivity index (χ2v) is 6.36. The summed E-state index contributed by atoms with van der Waals surface area (Å²) >= 11 is 0. The van der Waals surface area contributed by atoms with Crippen LogP contribution in [0.3, 0.4) is 0 Å². The number of nitriles is 1. The Hall–Kier alpha value is -3.46. The molecule has 28 heavy (non-hydrogen) atoms. The lowest BCUT2D eigenvalue weighted by Crippen LogP contribution is -2.15. The third kappa shape index (κ3) is 4.44. The van der Waals surface area contributed by atoms with Gasteiger partial charge in [-0.15, -0.1) is 0 Å². The molecule has 0 radical (unpaired) electrons. The fourth-order valence-electron chi connectivity index (χ4n) is 3.06. The summed E-state index contributed by atoms with van der Waals surface area (Å²) in [6.45, 7) is 5.84. The zero-order valence-electron chi connectivity index (χ0n) is 17.0. The van der Waals surface area contributed by atoms with Gasteiger partial charge in [-0.3, -0.25) is 4.79 Å². The molecule has 0 unspecified atom stereocenters. The Morgan fingerprint density at radius 2 is 1.50 bits per heavy atom. The third-order valence-corrected chi connectivity index (χ3v) is 4.28. The van der Waals surface area contributed by atoms with Crippen LogP contribution in [-0.2, 0) is 4.79 Å². The SMILES string of the molecule is COc1cc(/C=C(\C#N)C(=O)Nc2c(C)cc(C)cc2C)cc(OC)c1OC. The van der Waals surface area contributed by atoms with E-state index in [2.05, 4.69) is 5.32 Å². The van der Waals surface area contributed by atoms with Gasteiger partial charge in [-0.1, -0.05) is 17.7 Å². The van der Waals surface area contributed by atoms with Crippen molar-refractivity contribution in [2.75, 3.05) is 26.6 Å². The number of hydrogen-bond donors (Lipinski definition) is 1. The summed E-state index contributed by atoms with van der Waals surface area (Å²) in [6, 6.07) is 9.28. The number of rotatable bonds is 6. The molecule has 0 aliphatic rings. The van der Waals surface area contributed by atoms with Crippen molar-refractivity contribution in [3.63, 3.8) is 0 Å². The van der Waals surface area contributed by atoms with E-state index in [-0.39, 0.29) is 5.57 Å². The Kier molecular flexibility index (Phi) is 6.67. The highest BCUT2D eigenvalue weighted by Gasteiger charge is 2.16. The normalized spacial score (nSPS) is 10.8. The molecule has 146 valence electrons. The summed E-state index contributed by atoms with van der Waals surface area (Å²) in [5.41, 5.74) is 4.25. The largest absolute Gasteiger partial charge is 0.493 e. The topological polar surface area (TPSA) is 80.6 Å². The molecule has 1 amide bonds. The van der Waals surface area contributed by atoms with Crippen LogP contribution in [0, 0.1) is 32.1 Å². The minimum Gasteiger partial charge on any atom is -0.493 e. The molecule has 2 aromatic rings. The summed E-state index contributed by atoms with van der Waals surface area (Å²) in [4.78, 5) is 12.7. The van der Waals surface area contributed by atoms with Gasteiger partial charge >= 0.3 is 0 Å². The molecular weight excluding hydrogens is 356 g/mol. The van der Waals surface area contributed by atoms with Crippen molar-refractivity contribution in [3.8, 4) is 23.3 Å². The fourth-order valence-corrected chi connectivity index (χ4v) is 3.06. The Bertz CT molecular complexity index is 923. The van der Waals surface area contributed by atoms with Gasteiger partial charge in [0.15, 0.2) is 11.5 Å². The maximum Gasteiger partial charge on any atom is 0.266 e. The molecule has 0 atom stereocenters. The van der Waals surface area contributed by atoms with E-state index in [9.17, 15) is 10.1 Å². The number of nitrogens with zero attached hydrogens (tertiary/aromatic N) is 1. The average molecular weight is 380 g/mol. The average Bonchev–Trinajstić information content (AvgIpc) is 2.67. The molecule has 1 N–H and O–H groups in total. The standard InChI is InChI=1S/C22H24N2O4/c1-13-7-14(2)20(15(3)8-13)24-22(25)17(12-23)9-16-10-18(26-4)21(28-6)19(11-16)27-5/h7-11H,1-6H3,(H,24,25)/b17-9+. The Balaban J connectivity index is 2.41. The molecule has 2 aromatic carbocycles. The van der Waals surface area contributed by atoms with Crippen LogP contribution in [0.4, 0.5) is 5.69 Å². The van der Waals surface area contributed by atoms with E-state index < -0.39 is 5.91 Å². The van der Waals surface area contributed by atoms with E-state index in [0.29, 0.717) is 28.5 Å². The second-order valence-electron chi connectivity index (χ2n) is 6.36. The molecule has 0 spiro atoms. The van der Waals surface area contributed by atoms with E-state index in [1.54, 1.807) is 12.1 Å². The Morgan fingerprint density at radius 3 is 1.93 bits per heavy atom. The highest BCUT2D eigenvalue weighted by Crippen LogP contribution is 2.38. The van der Waals surface area contributed by atoms with Crippen LogP contribution in [0.5, 0.6) is 17.2 Å². The summed E-state index contributed by atoms with van der Waals surface area (Å²) in [7, 11) is 4.52. The van der Waals surface area contributed by atoms with Crippen LogP contribution in [-0.4, -0.2) is 27.2 Å². The maximum atomic E-state index is 12.7. The predicted octanol–water partition coefficient (Wildman–Crippen LogP) is 4.18. The maximum absolute atomic E-state index is 12.7. The first-order chi connectivity index (χ1) is 13.3. The Labute approximate surface area is 165 Å². The quantitative estimate of drug-likeness (QED) is 0.600. The molecule has 0 aromatic heterocycles. The lowest BCUT2D eigenvalue weighted by atomic mass is 10.0. The number of amides is 1. The van der Waals surface area contributed by atoms with Gasteiger partial charge in [-0.25, -0.2) is 0 Å². The zero-order valence-corrected chi connectivity index (χ0v) is 17.0. The van der Waals surface area contributed by atoms with Crippen molar-refractivity contribution >= 4 is 17.7 Å². The van der Waals surface area contributed by atoms with E-state index in [4.69, 9.17) is 14.2 Å². The molecule has 0 aliphatic carbocycles. The van der Waals surface area contributed by atoms with Gasteiger partial charge in [0.2, 0.25) is 5.75 Å². The Morgan fingerprint density at radius 1 is 0.964 bits per heavy atom. The van der Waals surface area contributed by atoms with Crippen LogP contribution in [0.2, 0.25) is 0 Å². The molecule has 0 heterocycles. The molecule has 0 saturated carbocycles. The molecule has 2 rings (SSSR count). The number of benzene rings is 2. The zero-order chi connectivity index (χ0) is 20.8. The van der Waals surface area contributed by atoms with E-state index in [1.165, 1.54) is 27.4 Å². The van der Waals surface area contributed by atoms with Crippen molar-refractivity contribution in [2.45, 2.75) is 20.8 Å². The summed E-state index contributed by atoms with van der Waals surface area (Å²) in [5.74, 6) is 0.842. The lowest BCUT2D eigenvalue weighted by molar-refractivity contribution is -0.112. The predicted molar refractivity (Wildman–Crippen MR) is 109 cm³/mol. The van der Waals surface area contributed by atoms with E-state index in [1.807, 2.05) is 39.0 Å². The smallest absolute Gasteiger partial charge is 0.266 e. The third-order valence-electron chi connectivity index (χ3n) is 4.28. The highest BCUT2D eigenvalue weighted by atomic mass is 16.5. The van der Waals surface area contributed by atoms with Crippen molar-refractivity contribution in [3.05, 3.63) is 52.1 Å². The highest BCUT2D eigenvalue weighted by molar-refractivity contribution is 6.10. The number of carbonyl (C=O) groups excluding carboxylic acids is 1. The molecule has 0 aliphatic heterocycles. The van der Waals surface area contributed by atoms with Crippen LogP contribution < -0.4 is 19.5 Å². The molecule has 0 bridgehead atoms. The van der Waals surface area contributed by atoms with E-state index >= 15 is 0 Å². The van der Waals surface area contributed by atoms with Gasteiger partial charge in [-0.05, 0) is 55.7 Å². The lowest BCUT2D eigenvalue weighted by Gasteiger charge is -2.14. The first-order valence-electron chi connectivity index (χ1n) is 8.65. The van der Waals surface area contributed by atoms with Gasteiger partial charge in [0.1, 0.15) is 11.6 Å². The number of nitrogens with one attached hydrogen (secondary N) is 1. The van der Waals surface area contributed by atoms with E-state index in [0.717, 1.165) is 16.7 Å². The number of aryl methyl sites for hydroxylation is 3. The molecule has 6 heteroatoms. The molecule has 6 nitrogen and oxygen atoms in total. The van der Waals surface area contributed by atoms with Crippen LogP contribution in [0.1, 0.15) is 22.3 Å². The number of anilines is 1. The van der Waals surface area contributed by atoms with Gasteiger partial charge in [-0.2, -0.15) is 5.26 Å². The molecule has 0 saturated heterocycles. The van der Waals surface area contributed by atoms with Crippen molar-refractivity contribution in [1.82, 2.24) is 0 Å². The number of carbonyl (C=O) groups is 1. The first kappa shape index (κ1) is 20.8. The van der Waals surface area contributed by atoms with Crippen LogP contribution >= 0.6 is 0 Å². The second kappa shape index (κ2) is 8.96. The van der Waals surface area contributed by atoms with Crippen molar-refractivity contribution in [2.24, 2.45) is 0 Å². The van der Waals surface area contributed by atoms with Crippen molar-refractivity contribution < 1.29 is 19.0 Å². The van der Waals surface area contributed by atoms with Crippen molar-refractivity contribution in [1.29, 1.82) is 5.26 Å². The van der Waals surface area contributed by atoms with Gasteiger partial charge in [0.25, 0.3) is 5.91 Å². The summed E-state index contributed by atoms with van der Waals surface area (Å²) in [5, 5.41) is 12.3. The molecule has 0 fully saturated rings. The van der Waals surface area contributed by atoms with Gasteiger partial charge in [0.05, 0.1) is 21.3 Å². The molecular formula is C22H24N2O4.